The zero-order valence-electron chi connectivity index (χ0n) is 14.1. The van der Waals surface area contributed by atoms with Crippen molar-refractivity contribution in [1.29, 1.82) is 0 Å². The molecule has 2 aromatic carbocycles. The quantitative estimate of drug-likeness (QED) is 0.430. The fourth-order valence-electron chi connectivity index (χ4n) is 2.55. The van der Waals surface area contributed by atoms with Crippen molar-refractivity contribution in [2.24, 2.45) is 5.10 Å². The van der Waals surface area contributed by atoms with Crippen molar-refractivity contribution < 1.29 is 9.15 Å². The number of nitrogens with one attached hydrogen (secondary N) is 1. The first-order valence-corrected chi connectivity index (χ1v) is 8.07. The van der Waals surface area contributed by atoms with Crippen LogP contribution >= 0.6 is 0 Å². The van der Waals surface area contributed by atoms with E-state index in [1.54, 1.807) is 19.6 Å². The van der Waals surface area contributed by atoms with Gasteiger partial charge in [0.2, 0.25) is 0 Å². The second-order valence-corrected chi connectivity index (χ2v) is 5.53. The third-order valence-electron chi connectivity index (χ3n) is 3.86. The van der Waals surface area contributed by atoms with Crippen molar-refractivity contribution in [2.75, 3.05) is 12.5 Å². The van der Waals surface area contributed by atoms with Gasteiger partial charge in [-0.05, 0) is 48.5 Å². The zero-order chi connectivity index (χ0) is 17.8. The minimum Gasteiger partial charge on any atom is -0.497 e. The van der Waals surface area contributed by atoms with Gasteiger partial charge in [0.15, 0.2) is 11.6 Å². The Bertz CT molecular complexity index is 1040. The Hall–Kier alpha value is -3.67. The molecule has 6 nitrogen and oxygen atoms in total. The predicted molar refractivity (Wildman–Crippen MR) is 101 cm³/mol. The largest absolute Gasteiger partial charge is 0.497 e. The molecule has 0 aliphatic carbocycles. The molecule has 2 heterocycles. The summed E-state index contributed by atoms with van der Waals surface area (Å²) in [5, 5.41) is 5.11. The molecule has 26 heavy (non-hydrogen) atoms. The van der Waals surface area contributed by atoms with Gasteiger partial charge in [-0.1, -0.05) is 12.1 Å². The lowest BCUT2D eigenvalue weighted by Crippen LogP contribution is -1.99. The van der Waals surface area contributed by atoms with Gasteiger partial charge in [0.05, 0.1) is 25.1 Å². The average Bonchev–Trinajstić information content (AvgIpc) is 3.21. The number of furan rings is 1. The fraction of sp³-hybridized carbons (Fsp3) is 0.0500. The molecule has 0 fully saturated rings. The molecule has 6 heteroatoms. The number of aromatic nitrogens is 2. The van der Waals surface area contributed by atoms with Crippen molar-refractivity contribution in [2.45, 2.75) is 0 Å². The van der Waals surface area contributed by atoms with Gasteiger partial charge in [-0.25, -0.2) is 9.97 Å². The highest BCUT2D eigenvalue weighted by atomic mass is 16.5. The zero-order valence-corrected chi connectivity index (χ0v) is 14.1. The van der Waals surface area contributed by atoms with E-state index in [1.807, 2.05) is 60.7 Å². The summed E-state index contributed by atoms with van der Waals surface area (Å²) in [5.41, 5.74) is 4.73. The summed E-state index contributed by atoms with van der Waals surface area (Å²) in [6.07, 6.45) is 3.20. The molecule has 4 aromatic rings. The lowest BCUT2D eigenvalue weighted by Gasteiger charge is -2.08. The maximum atomic E-state index is 5.24. The molecule has 1 N–H and O–H groups in total. The van der Waals surface area contributed by atoms with Gasteiger partial charge < -0.3 is 9.15 Å². The van der Waals surface area contributed by atoms with Crippen molar-refractivity contribution in [1.82, 2.24) is 9.97 Å². The number of hydrazone groups is 1. The highest BCUT2D eigenvalue weighted by Gasteiger charge is 2.09. The van der Waals surface area contributed by atoms with E-state index in [1.165, 1.54) is 0 Å². The Kier molecular flexibility index (Phi) is 4.30. The SMILES string of the molecule is COc1ccc(-c2nc(N/N=C/c3ccco3)c3ccccc3n2)cc1. The van der Waals surface area contributed by atoms with Gasteiger partial charge in [-0.3, -0.25) is 5.43 Å². The molecule has 0 spiro atoms. The summed E-state index contributed by atoms with van der Waals surface area (Å²) < 4.78 is 10.4. The van der Waals surface area contributed by atoms with Gasteiger partial charge in [0.1, 0.15) is 11.5 Å². The number of nitrogens with zero attached hydrogens (tertiary/aromatic N) is 3. The first-order valence-electron chi connectivity index (χ1n) is 8.07. The Morgan fingerprint density at radius 1 is 1.00 bits per heavy atom. The molecule has 128 valence electrons. The Morgan fingerprint density at radius 3 is 2.62 bits per heavy atom. The van der Waals surface area contributed by atoms with Crippen LogP contribution in [0.25, 0.3) is 22.3 Å². The van der Waals surface area contributed by atoms with E-state index in [4.69, 9.17) is 9.15 Å². The molecule has 0 aliphatic rings. The predicted octanol–water partition coefficient (Wildman–Crippen LogP) is 4.34. The van der Waals surface area contributed by atoms with Crippen LogP contribution in [-0.2, 0) is 0 Å². The van der Waals surface area contributed by atoms with Crippen molar-refractivity contribution in [3.63, 3.8) is 0 Å². The number of methoxy groups -OCH3 is 1. The van der Waals surface area contributed by atoms with E-state index >= 15 is 0 Å². The van der Waals surface area contributed by atoms with Crippen molar-refractivity contribution >= 4 is 22.9 Å². The van der Waals surface area contributed by atoms with Crippen LogP contribution in [0.1, 0.15) is 5.76 Å². The molecule has 0 atom stereocenters. The first-order chi connectivity index (χ1) is 12.8. The molecule has 0 bridgehead atoms. The highest BCUT2D eigenvalue weighted by Crippen LogP contribution is 2.26. The summed E-state index contributed by atoms with van der Waals surface area (Å²) >= 11 is 0. The van der Waals surface area contributed by atoms with Crippen LogP contribution in [0.3, 0.4) is 0 Å². The number of benzene rings is 2. The lowest BCUT2D eigenvalue weighted by molar-refractivity contribution is 0.415. The van der Waals surface area contributed by atoms with E-state index in [0.29, 0.717) is 17.4 Å². The van der Waals surface area contributed by atoms with Crippen LogP contribution in [0.4, 0.5) is 5.82 Å². The van der Waals surface area contributed by atoms with Crippen LogP contribution in [0.5, 0.6) is 5.75 Å². The number of ether oxygens (including phenoxy) is 1. The summed E-state index contributed by atoms with van der Waals surface area (Å²) in [6.45, 7) is 0. The first kappa shape index (κ1) is 15.8. The number of rotatable bonds is 5. The molecule has 0 aliphatic heterocycles. The Labute approximate surface area is 150 Å². The molecule has 0 radical (unpaired) electrons. The summed E-state index contributed by atoms with van der Waals surface area (Å²) in [5.74, 6) is 2.69. The molecule has 0 saturated carbocycles. The van der Waals surface area contributed by atoms with Crippen LogP contribution in [0, 0.1) is 0 Å². The molecule has 0 unspecified atom stereocenters. The molecule has 0 saturated heterocycles. The van der Waals surface area contributed by atoms with Crippen LogP contribution < -0.4 is 10.2 Å². The summed E-state index contributed by atoms with van der Waals surface area (Å²) in [4.78, 5) is 9.30. The topological polar surface area (TPSA) is 72.5 Å². The summed E-state index contributed by atoms with van der Waals surface area (Å²) in [7, 11) is 1.64. The molecule has 0 amide bonds. The van der Waals surface area contributed by atoms with E-state index in [2.05, 4.69) is 20.5 Å². The summed E-state index contributed by atoms with van der Waals surface area (Å²) in [6, 6.07) is 19.1. The third-order valence-corrected chi connectivity index (χ3v) is 3.86. The minimum absolute atomic E-state index is 0.613. The molecule has 4 rings (SSSR count). The Balaban J connectivity index is 1.72. The monoisotopic (exact) mass is 344 g/mol. The molecule has 2 aromatic heterocycles. The molecular weight excluding hydrogens is 328 g/mol. The van der Waals surface area contributed by atoms with Gasteiger partial charge in [0, 0.05) is 10.9 Å². The van der Waals surface area contributed by atoms with E-state index in [-0.39, 0.29) is 0 Å². The van der Waals surface area contributed by atoms with Gasteiger partial charge in [0.25, 0.3) is 0 Å². The average molecular weight is 344 g/mol. The minimum atomic E-state index is 0.613. The van der Waals surface area contributed by atoms with Crippen molar-refractivity contribution in [3.05, 3.63) is 72.7 Å². The fourth-order valence-corrected chi connectivity index (χ4v) is 2.55. The third kappa shape index (κ3) is 3.25. The van der Waals surface area contributed by atoms with Crippen LogP contribution in [-0.4, -0.2) is 23.3 Å². The number of fused-ring (bicyclic) bond motifs is 1. The smallest absolute Gasteiger partial charge is 0.162 e. The van der Waals surface area contributed by atoms with Crippen LogP contribution in [0.15, 0.2) is 76.4 Å². The van der Waals surface area contributed by atoms with Crippen LogP contribution in [0.2, 0.25) is 0 Å². The normalized spacial score (nSPS) is 11.1. The van der Waals surface area contributed by atoms with Gasteiger partial charge in [-0.2, -0.15) is 5.10 Å². The highest BCUT2D eigenvalue weighted by molar-refractivity contribution is 5.91. The second-order valence-electron chi connectivity index (χ2n) is 5.53. The van der Waals surface area contributed by atoms with E-state index in [0.717, 1.165) is 22.2 Å². The van der Waals surface area contributed by atoms with E-state index in [9.17, 15) is 0 Å². The van der Waals surface area contributed by atoms with E-state index < -0.39 is 0 Å². The second kappa shape index (κ2) is 7.06. The standard InChI is InChI=1S/C20H16N4O2/c1-25-15-10-8-14(9-11-15)19-22-18-7-3-2-6-17(18)20(23-19)24-21-13-16-5-4-12-26-16/h2-13H,1H3,(H,22,23,24)/b21-13+. The maximum Gasteiger partial charge on any atom is 0.162 e. The Morgan fingerprint density at radius 2 is 1.85 bits per heavy atom. The molecular formula is C20H16N4O2. The number of para-hydroxylation sites is 1. The lowest BCUT2D eigenvalue weighted by atomic mass is 10.2. The van der Waals surface area contributed by atoms with Gasteiger partial charge in [-0.15, -0.1) is 0 Å². The number of hydrogen-bond donors (Lipinski definition) is 1. The maximum absolute atomic E-state index is 5.24. The van der Waals surface area contributed by atoms with Gasteiger partial charge >= 0.3 is 0 Å². The van der Waals surface area contributed by atoms with Crippen molar-refractivity contribution in [3.8, 4) is 17.1 Å². The number of anilines is 1. The number of hydrogen-bond acceptors (Lipinski definition) is 6.